The Balaban J connectivity index is 1.76. The summed E-state index contributed by atoms with van der Waals surface area (Å²) < 4.78 is 27.4. The summed E-state index contributed by atoms with van der Waals surface area (Å²) in [6, 6.07) is 9.07. The van der Waals surface area contributed by atoms with Crippen molar-refractivity contribution in [2.45, 2.75) is 19.8 Å². The van der Waals surface area contributed by atoms with Gasteiger partial charge in [-0.3, -0.25) is 4.79 Å². The number of para-hydroxylation sites is 1. The molecule has 0 amide bonds. The van der Waals surface area contributed by atoms with Crippen molar-refractivity contribution in [2.75, 3.05) is 36.8 Å². The summed E-state index contributed by atoms with van der Waals surface area (Å²) in [5.41, 5.74) is 0.792. The van der Waals surface area contributed by atoms with E-state index in [1.165, 1.54) is 8.99 Å². The second kappa shape index (κ2) is 8.41. The van der Waals surface area contributed by atoms with E-state index in [9.17, 15) is 13.2 Å². The minimum absolute atomic E-state index is 0.0937. The van der Waals surface area contributed by atoms with Crippen molar-refractivity contribution < 1.29 is 8.42 Å². The van der Waals surface area contributed by atoms with E-state index in [2.05, 4.69) is 5.10 Å². The molecule has 1 saturated heterocycles. The third-order valence-electron chi connectivity index (χ3n) is 4.63. The second-order valence-corrected chi connectivity index (χ2v) is 8.92. The first-order valence-corrected chi connectivity index (χ1v) is 11.0. The lowest BCUT2D eigenvalue weighted by atomic mass is 10.3. The molecule has 0 spiro atoms. The molecule has 3 rings (SSSR count). The van der Waals surface area contributed by atoms with Crippen LogP contribution in [-0.2, 0) is 10.0 Å². The first kappa shape index (κ1) is 19.9. The molecule has 0 saturated carbocycles. The highest BCUT2D eigenvalue weighted by Gasteiger charge is 2.28. The summed E-state index contributed by atoms with van der Waals surface area (Å²) in [5, 5.41) is 4.33. The Labute approximate surface area is 164 Å². The first-order valence-electron chi connectivity index (χ1n) is 9.00. The van der Waals surface area contributed by atoms with Gasteiger partial charge in [0.05, 0.1) is 23.3 Å². The predicted molar refractivity (Wildman–Crippen MR) is 107 cm³/mol. The maximum Gasteiger partial charge on any atom is 0.292 e. The molecule has 2 heterocycles. The standard InChI is InChI=1S/C18H23ClN4O3S/c1-2-3-13-27(25,26)22-11-9-21(10-12-22)16-14-20-23(18(24)17(16)19)15-7-5-4-6-8-15/h4-8,14H,2-3,9-13H2,1H3. The average Bonchev–Trinajstić information content (AvgIpc) is 2.69. The molecule has 7 nitrogen and oxygen atoms in total. The third-order valence-corrected chi connectivity index (χ3v) is 6.94. The van der Waals surface area contributed by atoms with Gasteiger partial charge >= 0.3 is 0 Å². The van der Waals surface area contributed by atoms with E-state index in [1.54, 1.807) is 18.3 Å². The van der Waals surface area contributed by atoms with Crippen molar-refractivity contribution in [1.29, 1.82) is 0 Å². The Kier molecular flexibility index (Phi) is 6.18. The van der Waals surface area contributed by atoms with Crippen LogP contribution in [0.1, 0.15) is 19.8 Å². The average molecular weight is 411 g/mol. The monoisotopic (exact) mass is 410 g/mol. The number of hydrogen-bond acceptors (Lipinski definition) is 5. The van der Waals surface area contributed by atoms with E-state index >= 15 is 0 Å². The van der Waals surface area contributed by atoms with E-state index in [4.69, 9.17) is 11.6 Å². The molecule has 0 atom stereocenters. The van der Waals surface area contributed by atoms with Gasteiger partial charge in [0.15, 0.2) is 0 Å². The Bertz CT molecular complexity index is 939. The van der Waals surface area contributed by atoms with Crippen LogP contribution in [0.2, 0.25) is 5.02 Å². The van der Waals surface area contributed by atoms with Crippen LogP contribution in [0, 0.1) is 0 Å². The zero-order valence-electron chi connectivity index (χ0n) is 15.2. The fraction of sp³-hybridized carbons (Fsp3) is 0.444. The van der Waals surface area contributed by atoms with Gasteiger partial charge in [0.1, 0.15) is 5.02 Å². The molecule has 0 radical (unpaired) electrons. The molecule has 0 unspecified atom stereocenters. The Morgan fingerprint density at radius 1 is 1.11 bits per heavy atom. The molecule has 0 aliphatic carbocycles. The molecule has 1 fully saturated rings. The zero-order valence-corrected chi connectivity index (χ0v) is 16.8. The number of nitrogens with zero attached hydrogens (tertiary/aromatic N) is 4. The van der Waals surface area contributed by atoms with Crippen LogP contribution >= 0.6 is 11.6 Å². The Morgan fingerprint density at radius 3 is 2.41 bits per heavy atom. The summed E-state index contributed by atoms with van der Waals surface area (Å²) in [7, 11) is -3.22. The number of aromatic nitrogens is 2. The second-order valence-electron chi connectivity index (χ2n) is 6.45. The fourth-order valence-corrected chi connectivity index (χ4v) is 4.94. The molecule has 0 bridgehead atoms. The lowest BCUT2D eigenvalue weighted by Gasteiger charge is -2.35. The number of hydrogen-bond donors (Lipinski definition) is 0. The number of halogens is 1. The molecule has 1 aliphatic rings. The van der Waals surface area contributed by atoms with E-state index in [-0.39, 0.29) is 10.8 Å². The summed E-state index contributed by atoms with van der Waals surface area (Å²) in [4.78, 5) is 14.5. The summed E-state index contributed by atoms with van der Waals surface area (Å²) >= 11 is 6.33. The number of rotatable bonds is 6. The summed E-state index contributed by atoms with van der Waals surface area (Å²) in [5.74, 6) is 0.179. The maximum absolute atomic E-state index is 12.6. The highest BCUT2D eigenvalue weighted by Crippen LogP contribution is 2.23. The van der Waals surface area contributed by atoms with Crippen LogP contribution in [0.4, 0.5) is 5.69 Å². The van der Waals surface area contributed by atoms with Crippen molar-refractivity contribution >= 4 is 27.3 Å². The van der Waals surface area contributed by atoms with Gasteiger partial charge in [-0.15, -0.1) is 0 Å². The minimum Gasteiger partial charge on any atom is -0.366 e. The van der Waals surface area contributed by atoms with Crippen LogP contribution in [0.5, 0.6) is 0 Å². The molecule has 1 aromatic carbocycles. The molecule has 0 N–H and O–H groups in total. The topological polar surface area (TPSA) is 75.5 Å². The fourth-order valence-electron chi connectivity index (χ4n) is 3.06. The normalized spacial score (nSPS) is 15.9. The molecule has 1 aromatic heterocycles. The SMILES string of the molecule is CCCCS(=O)(=O)N1CCN(c2cnn(-c3ccccc3)c(=O)c2Cl)CC1. The predicted octanol–water partition coefficient (Wildman–Crippen LogP) is 2.14. The smallest absolute Gasteiger partial charge is 0.292 e. The van der Waals surface area contributed by atoms with Gasteiger partial charge in [-0.1, -0.05) is 43.1 Å². The van der Waals surface area contributed by atoms with Crippen LogP contribution in [0.25, 0.3) is 5.69 Å². The van der Waals surface area contributed by atoms with Gasteiger partial charge in [0, 0.05) is 26.2 Å². The number of anilines is 1. The largest absolute Gasteiger partial charge is 0.366 e. The first-order chi connectivity index (χ1) is 12.9. The number of piperazine rings is 1. The maximum atomic E-state index is 12.6. The third kappa shape index (κ3) is 4.34. The van der Waals surface area contributed by atoms with Crippen molar-refractivity contribution in [2.24, 2.45) is 0 Å². The molecule has 2 aromatic rings. The number of benzene rings is 1. The van der Waals surface area contributed by atoms with Crippen molar-refractivity contribution in [1.82, 2.24) is 14.1 Å². The van der Waals surface area contributed by atoms with E-state index in [1.807, 2.05) is 30.0 Å². The number of unbranched alkanes of at least 4 members (excludes halogenated alkanes) is 1. The molecule has 146 valence electrons. The lowest BCUT2D eigenvalue weighted by molar-refractivity contribution is 0.384. The molecule has 27 heavy (non-hydrogen) atoms. The highest BCUT2D eigenvalue weighted by molar-refractivity contribution is 7.89. The highest BCUT2D eigenvalue weighted by atomic mass is 35.5. The Hall–Kier alpha value is -1.90. The van der Waals surface area contributed by atoms with Gasteiger partial charge < -0.3 is 4.90 Å². The molecular weight excluding hydrogens is 388 g/mol. The van der Waals surface area contributed by atoms with Crippen molar-refractivity contribution in [3.05, 3.63) is 51.9 Å². The molecule has 9 heteroatoms. The molecule has 1 aliphatic heterocycles. The number of sulfonamides is 1. The van der Waals surface area contributed by atoms with Crippen molar-refractivity contribution in [3.8, 4) is 5.69 Å². The summed E-state index contributed by atoms with van der Waals surface area (Å²) in [6.45, 7) is 3.68. The van der Waals surface area contributed by atoms with Gasteiger partial charge in [-0.05, 0) is 18.6 Å². The van der Waals surface area contributed by atoms with Gasteiger partial charge in [0.25, 0.3) is 5.56 Å². The van der Waals surface area contributed by atoms with Crippen LogP contribution in [0.3, 0.4) is 0 Å². The quantitative estimate of drug-likeness (QED) is 0.729. The van der Waals surface area contributed by atoms with Crippen LogP contribution in [-0.4, -0.2) is 54.4 Å². The molecular formula is C18H23ClN4O3S. The lowest BCUT2D eigenvalue weighted by Crippen LogP contribution is -2.49. The summed E-state index contributed by atoms with van der Waals surface area (Å²) in [6.07, 6.45) is 3.08. The zero-order chi connectivity index (χ0) is 19.4. The van der Waals surface area contributed by atoms with Gasteiger partial charge in [-0.25, -0.2) is 8.42 Å². The minimum atomic E-state index is -3.22. The Morgan fingerprint density at radius 2 is 1.78 bits per heavy atom. The van der Waals surface area contributed by atoms with Crippen molar-refractivity contribution in [3.63, 3.8) is 0 Å². The van der Waals surface area contributed by atoms with E-state index < -0.39 is 15.6 Å². The van der Waals surface area contributed by atoms with Crippen LogP contribution < -0.4 is 10.5 Å². The van der Waals surface area contributed by atoms with E-state index in [0.717, 1.165) is 6.42 Å². The van der Waals surface area contributed by atoms with Crippen LogP contribution in [0.15, 0.2) is 41.3 Å². The van der Waals surface area contributed by atoms with Gasteiger partial charge in [-0.2, -0.15) is 14.1 Å². The van der Waals surface area contributed by atoms with E-state index in [0.29, 0.717) is 44.0 Å². The van der Waals surface area contributed by atoms with Gasteiger partial charge in [0.2, 0.25) is 10.0 Å².